The molecule has 1 aromatic carbocycles. The minimum atomic E-state index is -0.582. The Balaban J connectivity index is 1.88. The van der Waals surface area contributed by atoms with E-state index in [-0.39, 0.29) is 18.2 Å². The maximum absolute atomic E-state index is 12.3. The zero-order chi connectivity index (χ0) is 14.3. The molecule has 2 heterocycles. The highest BCUT2D eigenvalue weighted by Gasteiger charge is 2.38. The standard InChI is InChI=1S/C15H12N2O3/c1-2-9-3-4-11-10(7-9)8-17(15(11)20)12-5-6-13(18)16-14(12)19/h1,3-4,7,12H,5-6,8H2,(H,16,18,19). The molecule has 0 aliphatic carbocycles. The van der Waals surface area contributed by atoms with Crippen molar-refractivity contribution in [3.8, 4) is 12.3 Å². The average molecular weight is 268 g/mol. The van der Waals surface area contributed by atoms with Gasteiger partial charge in [-0.1, -0.05) is 5.92 Å². The van der Waals surface area contributed by atoms with Crippen LogP contribution in [0.5, 0.6) is 0 Å². The lowest BCUT2D eigenvalue weighted by atomic mass is 10.0. The summed E-state index contributed by atoms with van der Waals surface area (Å²) in [5.41, 5.74) is 2.12. The predicted octanol–water partition coefficient (Wildman–Crippen LogP) is 0.429. The van der Waals surface area contributed by atoms with E-state index in [4.69, 9.17) is 6.42 Å². The number of imide groups is 1. The lowest BCUT2D eigenvalue weighted by molar-refractivity contribution is -0.136. The highest BCUT2D eigenvalue weighted by Crippen LogP contribution is 2.27. The van der Waals surface area contributed by atoms with Crippen molar-refractivity contribution in [3.63, 3.8) is 0 Å². The second kappa shape index (κ2) is 4.49. The summed E-state index contributed by atoms with van der Waals surface area (Å²) in [6.07, 6.45) is 5.97. The van der Waals surface area contributed by atoms with Gasteiger partial charge in [0.25, 0.3) is 5.91 Å². The Hall–Kier alpha value is -2.61. The number of carbonyl (C=O) groups excluding carboxylic acids is 3. The van der Waals surface area contributed by atoms with E-state index in [1.807, 2.05) is 0 Å². The van der Waals surface area contributed by atoms with E-state index in [0.29, 0.717) is 24.1 Å². The molecule has 0 saturated carbocycles. The van der Waals surface area contributed by atoms with Gasteiger partial charge in [-0.25, -0.2) is 0 Å². The fourth-order valence-corrected chi connectivity index (χ4v) is 2.66. The molecule has 5 nitrogen and oxygen atoms in total. The Morgan fingerprint density at radius 3 is 2.80 bits per heavy atom. The molecule has 3 rings (SSSR count). The van der Waals surface area contributed by atoms with E-state index < -0.39 is 11.9 Å². The number of fused-ring (bicyclic) bond motifs is 1. The van der Waals surface area contributed by atoms with Crippen molar-refractivity contribution in [2.75, 3.05) is 0 Å². The van der Waals surface area contributed by atoms with E-state index in [0.717, 1.165) is 5.56 Å². The number of hydrogen-bond donors (Lipinski definition) is 1. The molecule has 3 amide bonds. The van der Waals surface area contributed by atoms with E-state index in [2.05, 4.69) is 11.2 Å². The lowest BCUT2D eigenvalue weighted by Gasteiger charge is -2.29. The first kappa shape index (κ1) is 12.4. The van der Waals surface area contributed by atoms with Gasteiger partial charge in [-0.15, -0.1) is 6.42 Å². The molecule has 5 heteroatoms. The van der Waals surface area contributed by atoms with Crippen LogP contribution in [0.15, 0.2) is 18.2 Å². The molecule has 1 unspecified atom stereocenters. The summed E-state index contributed by atoms with van der Waals surface area (Å²) < 4.78 is 0. The Bertz CT molecular complexity index is 672. The average Bonchev–Trinajstić information content (AvgIpc) is 2.75. The first-order valence-electron chi connectivity index (χ1n) is 6.34. The molecule has 0 aromatic heterocycles. The number of carbonyl (C=O) groups is 3. The third-order valence-electron chi connectivity index (χ3n) is 3.69. The van der Waals surface area contributed by atoms with Gasteiger partial charge in [-0.2, -0.15) is 0 Å². The van der Waals surface area contributed by atoms with Gasteiger partial charge >= 0.3 is 0 Å². The van der Waals surface area contributed by atoms with E-state index in [1.54, 1.807) is 18.2 Å². The fraction of sp³-hybridized carbons (Fsp3) is 0.267. The molecule has 1 aromatic rings. The van der Waals surface area contributed by atoms with Crippen LogP contribution in [-0.4, -0.2) is 28.7 Å². The lowest BCUT2D eigenvalue weighted by Crippen LogP contribution is -2.52. The SMILES string of the molecule is C#Cc1ccc2c(c1)CN(C1CCC(=O)NC1=O)C2=O. The summed E-state index contributed by atoms with van der Waals surface area (Å²) in [5, 5.41) is 2.27. The van der Waals surface area contributed by atoms with Gasteiger partial charge in [-0.3, -0.25) is 19.7 Å². The van der Waals surface area contributed by atoms with Crippen LogP contribution in [0.25, 0.3) is 0 Å². The van der Waals surface area contributed by atoms with Gasteiger partial charge < -0.3 is 4.90 Å². The molecule has 100 valence electrons. The Kier molecular flexibility index (Phi) is 2.79. The minimum Gasteiger partial charge on any atom is -0.322 e. The zero-order valence-corrected chi connectivity index (χ0v) is 10.7. The highest BCUT2D eigenvalue weighted by molar-refractivity contribution is 6.05. The predicted molar refractivity (Wildman–Crippen MR) is 70.4 cm³/mol. The number of hydrogen-bond acceptors (Lipinski definition) is 3. The van der Waals surface area contributed by atoms with Gasteiger partial charge in [0, 0.05) is 24.1 Å². The molecule has 1 fully saturated rings. The Labute approximate surface area is 115 Å². The van der Waals surface area contributed by atoms with Crippen molar-refractivity contribution in [1.82, 2.24) is 10.2 Å². The highest BCUT2D eigenvalue weighted by atomic mass is 16.2. The maximum Gasteiger partial charge on any atom is 0.255 e. The van der Waals surface area contributed by atoms with Crippen molar-refractivity contribution in [1.29, 1.82) is 0 Å². The summed E-state index contributed by atoms with van der Waals surface area (Å²) in [4.78, 5) is 36.9. The molecule has 1 N–H and O–H groups in total. The fourth-order valence-electron chi connectivity index (χ4n) is 2.66. The summed E-state index contributed by atoms with van der Waals surface area (Å²) in [7, 11) is 0. The summed E-state index contributed by atoms with van der Waals surface area (Å²) in [5.74, 6) is 1.65. The van der Waals surface area contributed by atoms with Crippen LogP contribution in [0.1, 0.15) is 34.3 Å². The van der Waals surface area contributed by atoms with Crippen molar-refractivity contribution < 1.29 is 14.4 Å². The summed E-state index contributed by atoms with van der Waals surface area (Å²) >= 11 is 0. The van der Waals surface area contributed by atoms with Crippen LogP contribution in [0.2, 0.25) is 0 Å². The number of nitrogens with one attached hydrogen (secondary N) is 1. The molecule has 1 atom stereocenters. The third-order valence-corrected chi connectivity index (χ3v) is 3.69. The first-order chi connectivity index (χ1) is 9.60. The molecule has 2 aliphatic rings. The molecule has 20 heavy (non-hydrogen) atoms. The van der Waals surface area contributed by atoms with E-state index >= 15 is 0 Å². The van der Waals surface area contributed by atoms with Crippen molar-refractivity contribution in [3.05, 3.63) is 34.9 Å². The second-order valence-electron chi connectivity index (χ2n) is 4.92. The minimum absolute atomic E-state index is 0.182. The van der Waals surface area contributed by atoms with Crippen molar-refractivity contribution in [2.24, 2.45) is 0 Å². The monoisotopic (exact) mass is 268 g/mol. The molecule has 0 radical (unpaired) electrons. The number of amides is 3. The number of benzene rings is 1. The van der Waals surface area contributed by atoms with Crippen LogP contribution in [0.3, 0.4) is 0 Å². The van der Waals surface area contributed by atoms with Crippen LogP contribution in [-0.2, 0) is 16.1 Å². The largest absolute Gasteiger partial charge is 0.322 e. The van der Waals surface area contributed by atoms with Gasteiger partial charge in [0.2, 0.25) is 11.8 Å². The number of nitrogens with zero attached hydrogens (tertiary/aromatic N) is 1. The van der Waals surface area contributed by atoms with Crippen molar-refractivity contribution in [2.45, 2.75) is 25.4 Å². The van der Waals surface area contributed by atoms with Crippen LogP contribution in [0.4, 0.5) is 0 Å². The summed E-state index contributed by atoms with van der Waals surface area (Å²) in [6, 6.07) is 4.62. The number of terminal acetylenes is 1. The van der Waals surface area contributed by atoms with Crippen LogP contribution in [0, 0.1) is 12.3 Å². The van der Waals surface area contributed by atoms with Gasteiger partial charge in [0.1, 0.15) is 6.04 Å². The Morgan fingerprint density at radius 1 is 1.30 bits per heavy atom. The van der Waals surface area contributed by atoms with Gasteiger partial charge in [0.05, 0.1) is 0 Å². The zero-order valence-electron chi connectivity index (χ0n) is 10.7. The first-order valence-corrected chi connectivity index (χ1v) is 6.34. The summed E-state index contributed by atoms with van der Waals surface area (Å²) in [6.45, 7) is 0.357. The molecule has 1 saturated heterocycles. The van der Waals surface area contributed by atoms with Gasteiger partial charge in [0.15, 0.2) is 0 Å². The van der Waals surface area contributed by atoms with Gasteiger partial charge in [-0.05, 0) is 30.2 Å². The number of piperidine rings is 1. The second-order valence-corrected chi connectivity index (χ2v) is 4.92. The number of rotatable bonds is 1. The van der Waals surface area contributed by atoms with E-state index in [1.165, 1.54) is 4.90 Å². The quantitative estimate of drug-likeness (QED) is 0.593. The van der Waals surface area contributed by atoms with Crippen LogP contribution < -0.4 is 5.32 Å². The molecule has 2 aliphatic heterocycles. The smallest absolute Gasteiger partial charge is 0.255 e. The molecular formula is C15H12N2O3. The molecular weight excluding hydrogens is 256 g/mol. The topological polar surface area (TPSA) is 66.5 Å². The maximum atomic E-state index is 12.3. The molecule has 0 spiro atoms. The van der Waals surface area contributed by atoms with Crippen LogP contribution >= 0.6 is 0 Å². The Morgan fingerprint density at radius 2 is 2.10 bits per heavy atom. The van der Waals surface area contributed by atoms with E-state index in [9.17, 15) is 14.4 Å². The normalized spacial score (nSPS) is 21.4. The third kappa shape index (κ3) is 1.86. The molecule has 0 bridgehead atoms. The van der Waals surface area contributed by atoms with Crippen molar-refractivity contribution >= 4 is 17.7 Å².